The van der Waals surface area contributed by atoms with Crippen molar-refractivity contribution in [1.82, 2.24) is 0 Å². The van der Waals surface area contributed by atoms with Crippen molar-refractivity contribution in [2.24, 2.45) is 5.92 Å². The van der Waals surface area contributed by atoms with Crippen molar-refractivity contribution in [2.45, 2.75) is 63.7 Å². The number of ketones is 1. The van der Waals surface area contributed by atoms with Crippen molar-refractivity contribution in [1.29, 1.82) is 0 Å². The molecule has 2 aliphatic rings. The Morgan fingerprint density at radius 1 is 1.14 bits per heavy atom. The van der Waals surface area contributed by atoms with Gasteiger partial charge in [-0.15, -0.1) is 0 Å². The second kappa shape index (κ2) is 8.37. The average molecular weight is 412 g/mol. The van der Waals surface area contributed by atoms with Crippen molar-refractivity contribution in [3.05, 3.63) is 33.9 Å². The molecule has 6 N–H and O–H groups in total. The van der Waals surface area contributed by atoms with Crippen LogP contribution in [0.3, 0.4) is 0 Å². The quantitative estimate of drug-likeness (QED) is 0.358. The fourth-order valence-electron chi connectivity index (χ4n) is 4.34. The van der Waals surface area contributed by atoms with Crippen LogP contribution in [-0.2, 0) is 9.47 Å². The highest BCUT2D eigenvalue weighted by Gasteiger charge is 2.48. The Bertz CT molecular complexity index is 778. The van der Waals surface area contributed by atoms with E-state index in [4.69, 9.17) is 9.47 Å². The molecule has 1 saturated heterocycles. The maximum absolute atomic E-state index is 12.9. The molecule has 0 radical (unpaired) electrons. The molecule has 8 atom stereocenters. The summed E-state index contributed by atoms with van der Waals surface area (Å²) in [4.78, 5) is 12.9. The minimum Gasteiger partial charge on any atom is -0.394 e. The van der Waals surface area contributed by atoms with Gasteiger partial charge in [0.05, 0.1) is 25.2 Å². The molecule has 162 valence electrons. The number of hydrogen-bond donors (Lipinski definition) is 6. The van der Waals surface area contributed by atoms with Gasteiger partial charge in [-0.05, 0) is 36.1 Å². The van der Waals surface area contributed by atoms with Gasteiger partial charge in [0, 0.05) is 5.56 Å². The van der Waals surface area contributed by atoms with E-state index in [0.717, 1.165) is 0 Å². The van der Waals surface area contributed by atoms with Crippen LogP contribution in [0.1, 0.15) is 51.7 Å². The molecule has 0 aromatic heterocycles. The number of hydrogen-bond acceptors (Lipinski definition) is 9. The minimum atomic E-state index is -1.58. The van der Waals surface area contributed by atoms with Crippen LogP contribution in [0, 0.1) is 19.8 Å². The highest BCUT2D eigenvalue weighted by molar-refractivity contribution is 6.04. The number of carbonyl (C=O) groups excluding carboxylic acids is 1. The Morgan fingerprint density at radius 3 is 2.38 bits per heavy atom. The Labute approximate surface area is 168 Å². The molecule has 3 unspecified atom stereocenters. The Kier molecular flexibility index (Phi) is 6.42. The summed E-state index contributed by atoms with van der Waals surface area (Å²) >= 11 is 0. The van der Waals surface area contributed by atoms with E-state index in [2.05, 4.69) is 0 Å². The van der Waals surface area contributed by atoms with E-state index in [1.54, 1.807) is 26.8 Å². The van der Waals surface area contributed by atoms with Gasteiger partial charge in [0.15, 0.2) is 12.1 Å². The lowest BCUT2D eigenvalue weighted by Crippen LogP contribution is -2.59. The summed E-state index contributed by atoms with van der Waals surface area (Å²) in [6.07, 6.45) is -9.04. The van der Waals surface area contributed by atoms with Crippen LogP contribution in [0.4, 0.5) is 0 Å². The number of rotatable bonds is 5. The first-order valence-electron chi connectivity index (χ1n) is 9.57. The highest BCUT2D eigenvalue weighted by atomic mass is 16.7. The van der Waals surface area contributed by atoms with Crippen LogP contribution in [-0.4, -0.2) is 80.3 Å². The maximum atomic E-state index is 12.9. The fraction of sp³-hybridized carbons (Fsp3) is 0.650. The Hall–Kier alpha value is -1.43. The molecule has 0 amide bonds. The highest BCUT2D eigenvalue weighted by Crippen LogP contribution is 2.44. The van der Waals surface area contributed by atoms with Gasteiger partial charge in [0.25, 0.3) is 0 Å². The number of aliphatic hydroxyl groups is 6. The van der Waals surface area contributed by atoms with Gasteiger partial charge in [0.2, 0.25) is 0 Å². The van der Waals surface area contributed by atoms with Crippen molar-refractivity contribution in [3.8, 4) is 0 Å². The molecule has 0 bridgehead atoms. The second-order valence-electron chi connectivity index (χ2n) is 7.80. The first-order valence-corrected chi connectivity index (χ1v) is 9.57. The zero-order chi connectivity index (χ0) is 21.6. The number of ether oxygens (including phenoxy) is 2. The zero-order valence-electron chi connectivity index (χ0n) is 16.5. The third-order valence-corrected chi connectivity index (χ3v) is 5.92. The SMILES string of the molecule is Cc1cc2c(c(C)c1C(O)CO)C(=O)C(C)C2O[C@@H]1O[C@H](CO)[C@@H](O)[C@H](O)[C@H]1O. The summed E-state index contributed by atoms with van der Waals surface area (Å²) in [6.45, 7) is 4.05. The summed E-state index contributed by atoms with van der Waals surface area (Å²) < 4.78 is 11.3. The third-order valence-electron chi connectivity index (χ3n) is 5.92. The van der Waals surface area contributed by atoms with Crippen molar-refractivity contribution >= 4 is 5.78 Å². The Morgan fingerprint density at radius 2 is 1.79 bits per heavy atom. The normalized spacial score (nSPS) is 35.6. The first-order chi connectivity index (χ1) is 13.6. The van der Waals surface area contributed by atoms with Crippen LogP contribution in [0.25, 0.3) is 0 Å². The van der Waals surface area contributed by atoms with E-state index in [0.29, 0.717) is 27.8 Å². The number of benzene rings is 1. The molecule has 1 aliphatic heterocycles. The lowest BCUT2D eigenvalue weighted by atomic mass is 9.91. The van der Waals surface area contributed by atoms with E-state index >= 15 is 0 Å². The van der Waals surface area contributed by atoms with Gasteiger partial charge < -0.3 is 40.1 Å². The molecular weight excluding hydrogens is 384 g/mol. The van der Waals surface area contributed by atoms with Gasteiger partial charge in [0.1, 0.15) is 30.5 Å². The molecule has 9 nitrogen and oxygen atoms in total. The lowest BCUT2D eigenvalue weighted by Gasteiger charge is -2.41. The van der Waals surface area contributed by atoms with E-state index in [9.17, 15) is 35.4 Å². The topological polar surface area (TPSA) is 157 Å². The smallest absolute Gasteiger partial charge is 0.187 e. The molecule has 0 saturated carbocycles. The zero-order valence-corrected chi connectivity index (χ0v) is 16.5. The van der Waals surface area contributed by atoms with Gasteiger partial charge >= 0.3 is 0 Å². The van der Waals surface area contributed by atoms with Crippen molar-refractivity contribution in [2.75, 3.05) is 13.2 Å². The summed E-state index contributed by atoms with van der Waals surface area (Å²) in [5.74, 6) is -0.838. The van der Waals surface area contributed by atoms with Gasteiger partial charge in [-0.3, -0.25) is 4.79 Å². The predicted molar refractivity (Wildman–Crippen MR) is 99.0 cm³/mol. The molecule has 1 aliphatic carbocycles. The van der Waals surface area contributed by atoms with Crippen LogP contribution in [0.15, 0.2) is 6.07 Å². The molecule has 3 rings (SSSR count). The minimum absolute atomic E-state index is 0.210. The standard InChI is InChI=1S/C20H28O9/c1-7-4-10-14(8(2)13(7)11(23)5-21)15(24)9(3)19(10)29-20-18(27)17(26)16(25)12(6-22)28-20/h4,9,11-12,16-23,25-27H,5-6H2,1-3H3/t9?,11?,12-,16-,17+,18-,19?,20+/m1/s1. The van der Waals surface area contributed by atoms with E-state index in [1.807, 2.05) is 0 Å². The molecule has 0 spiro atoms. The molecule has 1 aromatic carbocycles. The molecule has 9 heteroatoms. The maximum Gasteiger partial charge on any atom is 0.187 e. The van der Waals surface area contributed by atoms with Gasteiger partial charge in [-0.2, -0.15) is 0 Å². The first kappa shape index (κ1) is 22.3. The predicted octanol–water partition coefficient (Wildman–Crippen LogP) is -0.981. The van der Waals surface area contributed by atoms with Gasteiger partial charge in [-0.1, -0.05) is 13.0 Å². The van der Waals surface area contributed by atoms with Crippen LogP contribution >= 0.6 is 0 Å². The van der Waals surface area contributed by atoms with Crippen LogP contribution in [0.5, 0.6) is 0 Å². The van der Waals surface area contributed by atoms with Crippen molar-refractivity contribution in [3.63, 3.8) is 0 Å². The third kappa shape index (κ3) is 3.62. The largest absolute Gasteiger partial charge is 0.394 e. The van der Waals surface area contributed by atoms with Crippen molar-refractivity contribution < 1.29 is 44.9 Å². The lowest BCUT2D eigenvalue weighted by molar-refractivity contribution is -0.314. The number of carbonyl (C=O) groups is 1. The molecule has 1 aromatic rings. The summed E-state index contributed by atoms with van der Waals surface area (Å²) in [6, 6.07) is 1.70. The van der Waals surface area contributed by atoms with Gasteiger partial charge in [-0.25, -0.2) is 0 Å². The number of aliphatic hydroxyl groups excluding tert-OH is 6. The fourth-order valence-corrected chi connectivity index (χ4v) is 4.34. The Balaban J connectivity index is 1.96. The molecule has 1 fully saturated rings. The molecular formula is C20H28O9. The number of fused-ring (bicyclic) bond motifs is 1. The van der Waals surface area contributed by atoms with Crippen LogP contribution in [0.2, 0.25) is 0 Å². The molecule has 1 heterocycles. The monoisotopic (exact) mass is 412 g/mol. The second-order valence-corrected chi connectivity index (χ2v) is 7.80. The number of Topliss-reactive ketones (excluding diaryl/α,β-unsaturated/α-hetero) is 1. The summed E-state index contributed by atoms with van der Waals surface area (Å²) in [7, 11) is 0. The van der Waals surface area contributed by atoms with E-state index in [-0.39, 0.29) is 5.78 Å². The van der Waals surface area contributed by atoms with E-state index in [1.165, 1.54) is 0 Å². The summed E-state index contributed by atoms with van der Waals surface area (Å²) in [5, 5.41) is 58.9. The van der Waals surface area contributed by atoms with Crippen LogP contribution < -0.4 is 0 Å². The average Bonchev–Trinajstić information content (AvgIpc) is 2.92. The molecule has 29 heavy (non-hydrogen) atoms. The number of aryl methyl sites for hydroxylation is 1. The van der Waals surface area contributed by atoms with E-state index < -0.39 is 62.0 Å². The summed E-state index contributed by atoms with van der Waals surface area (Å²) in [5.41, 5.74) is 2.66.